The number of ketones is 1. The van der Waals surface area contributed by atoms with Crippen molar-refractivity contribution in [3.63, 3.8) is 0 Å². The Labute approximate surface area is 670 Å². The van der Waals surface area contributed by atoms with Gasteiger partial charge in [-0.1, -0.05) is 0 Å². The van der Waals surface area contributed by atoms with E-state index in [1.807, 2.05) is 0 Å². The Morgan fingerprint density at radius 3 is 0.517 bits per heavy atom. The topological polar surface area (TPSA) is 667 Å². The van der Waals surface area contributed by atoms with Gasteiger partial charge in [0.05, 0.1) is 175 Å². The molecule has 0 radical (unpaired) electrons. The lowest BCUT2D eigenvalue weighted by Gasteiger charge is -2.34. The number of hydrogen-bond acceptors (Lipinski definition) is 43. The first-order chi connectivity index (χ1) is 54.0. The van der Waals surface area contributed by atoms with Gasteiger partial charge in [0.2, 0.25) is 0 Å². The highest BCUT2D eigenvalue weighted by Crippen LogP contribution is 2.34. The number of rotatable bonds is 64. The van der Waals surface area contributed by atoms with Crippen molar-refractivity contribution in [1.29, 1.82) is 0 Å². The molecule has 0 aliphatic heterocycles. The van der Waals surface area contributed by atoms with E-state index in [4.69, 9.17) is 71.1 Å². The van der Waals surface area contributed by atoms with Gasteiger partial charge in [-0.05, 0) is 83.1 Å². The standard InChI is InChI=1S/C73H124O43/c1-61(22-74,21-49(90)62(2,23-75)24-76)50(91)106-17-13-102-45-73(46-103-14-18-107-51(92)63(3,25-77)26-78,47-104-15-19-108-56(97)68(8,35-87)38-110-52(93)64(4,27-79)28-80)48-105-16-20-109-59(100)71(11,41-115-58(99)70(10,37-89)40-112-57(98)69(9,36-88)39-111-53(94)65(5,29-81)30-82)42-116-60(101)72(12,43-113-54(95)66(6,31-83)32-84)44-114-55(96)67(7,33-85)34-86/h74-89H,13-48H2,1-12H3. The average molecular weight is 1690 g/mol. The molecule has 6 atom stereocenters. The van der Waals surface area contributed by atoms with E-state index in [0.717, 1.165) is 48.5 Å². The fourth-order valence-electron chi connectivity index (χ4n) is 8.38. The van der Waals surface area contributed by atoms with Crippen molar-refractivity contribution in [3.8, 4) is 0 Å². The van der Waals surface area contributed by atoms with Gasteiger partial charge in [0.15, 0.2) is 0 Å². The molecule has 0 aromatic carbocycles. The molecule has 0 aromatic rings. The van der Waals surface area contributed by atoms with Crippen molar-refractivity contribution in [1.82, 2.24) is 0 Å². The SMILES string of the molecule is CC(CO)(CO)C(=O)CC(C)(CO)C(=O)OCCOCC(COCCOC(=O)C(C)(CO)CO)(COCCOC(=O)C(C)(CO)COC(=O)C(C)(CO)CO)COCCOC(=O)C(C)(COC(=O)C(C)(CO)COC(=O)C(C)(CO)COC(=O)C(C)(CO)CO)COC(=O)C(C)(COC(=O)C(C)(CO)CO)COC(=O)C(C)(CO)CO. The molecule has 0 heterocycles. The van der Waals surface area contributed by atoms with E-state index in [9.17, 15) is 139 Å². The van der Waals surface area contributed by atoms with Gasteiger partial charge >= 0.3 is 65.7 Å². The summed E-state index contributed by atoms with van der Waals surface area (Å²) in [5, 5.41) is 159. The molecule has 43 nitrogen and oxygen atoms in total. The molecule has 0 fully saturated rings. The normalized spacial score (nSPS) is 15.6. The minimum atomic E-state index is -2.42. The van der Waals surface area contributed by atoms with Crippen LogP contribution in [-0.2, 0) is 129 Å². The summed E-state index contributed by atoms with van der Waals surface area (Å²) in [6, 6.07) is 0. The lowest BCUT2D eigenvalue weighted by molar-refractivity contribution is -0.185. The van der Waals surface area contributed by atoms with Crippen molar-refractivity contribution < 1.29 is 210 Å². The number of hydrogen-bond donors (Lipinski definition) is 16. The van der Waals surface area contributed by atoms with Crippen LogP contribution in [0.15, 0.2) is 0 Å². The van der Waals surface area contributed by atoms with E-state index in [1.54, 1.807) is 0 Å². The van der Waals surface area contributed by atoms with Crippen LogP contribution in [0, 0.1) is 70.4 Å². The lowest BCUT2D eigenvalue weighted by atomic mass is 9.77. The average Bonchev–Trinajstić information content (AvgIpc) is 0.819. The summed E-state index contributed by atoms with van der Waals surface area (Å²) < 4.78 is 82.8. The van der Waals surface area contributed by atoms with E-state index >= 15 is 0 Å². The van der Waals surface area contributed by atoms with Crippen molar-refractivity contribution in [3.05, 3.63) is 0 Å². The highest BCUT2D eigenvalue weighted by molar-refractivity contribution is 5.91. The number of ether oxygens (including phenoxy) is 15. The molecule has 6 unspecified atom stereocenters. The van der Waals surface area contributed by atoms with Crippen LogP contribution in [0.1, 0.15) is 89.5 Å². The van der Waals surface area contributed by atoms with Gasteiger partial charge in [-0.25, -0.2) is 0 Å². The van der Waals surface area contributed by atoms with Gasteiger partial charge in [0, 0.05) is 6.42 Å². The summed E-state index contributed by atoms with van der Waals surface area (Å²) in [5.41, 5.74) is -25.6. The first-order valence-electron chi connectivity index (χ1n) is 36.5. The molecule has 0 saturated heterocycles. The van der Waals surface area contributed by atoms with Crippen LogP contribution in [0.2, 0.25) is 0 Å². The Balaban J connectivity index is 7.90. The first kappa shape index (κ1) is 109. The smallest absolute Gasteiger partial charge is 0.318 e. The second-order valence-electron chi connectivity index (χ2n) is 32.1. The molecular formula is C73H124O43. The fraction of sp³-hybridized carbons (Fsp3) is 0.836. The molecule has 0 bridgehead atoms. The summed E-state index contributed by atoms with van der Waals surface area (Å²) in [7, 11) is 0. The maximum atomic E-state index is 14.6. The Kier molecular flexibility index (Phi) is 46.6. The van der Waals surface area contributed by atoms with Gasteiger partial charge in [0.25, 0.3) is 0 Å². The maximum Gasteiger partial charge on any atom is 0.318 e. The number of esters is 11. The van der Waals surface area contributed by atoms with E-state index in [-0.39, 0.29) is 0 Å². The van der Waals surface area contributed by atoms with Gasteiger partial charge in [0.1, 0.15) is 133 Å². The van der Waals surface area contributed by atoms with Crippen molar-refractivity contribution >= 4 is 71.4 Å². The number of carbonyl (C=O) groups is 12. The third-order valence-corrected chi connectivity index (χ3v) is 19.4. The van der Waals surface area contributed by atoms with Crippen LogP contribution in [0.5, 0.6) is 0 Å². The predicted molar refractivity (Wildman–Crippen MR) is 387 cm³/mol. The zero-order valence-electron chi connectivity index (χ0n) is 68.1. The minimum absolute atomic E-state index is 0.441. The van der Waals surface area contributed by atoms with Gasteiger partial charge in [-0.15, -0.1) is 0 Å². The molecule has 0 amide bonds. The number of aliphatic hydroxyl groups is 16. The lowest BCUT2D eigenvalue weighted by Crippen LogP contribution is -2.48. The van der Waals surface area contributed by atoms with Crippen LogP contribution in [0.25, 0.3) is 0 Å². The van der Waals surface area contributed by atoms with Crippen molar-refractivity contribution in [2.75, 3.05) is 231 Å². The van der Waals surface area contributed by atoms with E-state index in [2.05, 4.69) is 0 Å². The van der Waals surface area contributed by atoms with Gasteiger partial charge < -0.3 is 153 Å². The highest BCUT2D eigenvalue weighted by Gasteiger charge is 2.50. The molecule has 674 valence electrons. The van der Waals surface area contributed by atoms with Gasteiger partial charge in [-0.3, -0.25) is 57.5 Å². The Morgan fingerprint density at radius 1 is 0.172 bits per heavy atom. The highest BCUT2D eigenvalue weighted by atomic mass is 16.6. The third kappa shape index (κ3) is 31.3. The molecule has 0 aromatic heterocycles. The van der Waals surface area contributed by atoms with E-state index in [0.29, 0.717) is 0 Å². The second-order valence-corrected chi connectivity index (χ2v) is 32.1. The minimum Gasteiger partial charge on any atom is -0.464 e. The Bertz CT molecular complexity index is 3070. The quantitative estimate of drug-likeness (QED) is 0.0153. The zero-order chi connectivity index (χ0) is 89.5. The van der Waals surface area contributed by atoms with Crippen molar-refractivity contribution in [2.45, 2.75) is 89.5 Å². The fourth-order valence-corrected chi connectivity index (χ4v) is 8.38. The number of carbonyl (C=O) groups excluding carboxylic acids is 12. The molecule has 116 heavy (non-hydrogen) atoms. The Hall–Kier alpha value is -6.96. The van der Waals surface area contributed by atoms with E-state index < -0.39 is 380 Å². The molecule has 16 N–H and O–H groups in total. The summed E-state index contributed by atoms with van der Waals surface area (Å²) in [6.45, 7) is -15.4. The predicted octanol–water partition coefficient (Wildman–Crippen LogP) is -7.07. The van der Waals surface area contributed by atoms with Gasteiger partial charge in [-0.2, -0.15) is 0 Å². The molecule has 0 aliphatic carbocycles. The number of aliphatic hydroxyl groups excluding tert-OH is 16. The summed E-state index contributed by atoms with van der Waals surface area (Å²) in [4.78, 5) is 161. The van der Waals surface area contributed by atoms with Crippen molar-refractivity contribution in [2.24, 2.45) is 70.4 Å². The molecule has 0 spiro atoms. The largest absolute Gasteiger partial charge is 0.464 e. The maximum absolute atomic E-state index is 14.6. The molecule has 0 aliphatic rings. The molecule has 43 heteroatoms. The molecule has 0 rings (SSSR count). The third-order valence-electron chi connectivity index (χ3n) is 19.4. The first-order valence-corrected chi connectivity index (χ1v) is 36.5. The van der Waals surface area contributed by atoms with Crippen LogP contribution in [0.3, 0.4) is 0 Å². The van der Waals surface area contributed by atoms with E-state index in [1.165, 1.54) is 34.6 Å². The van der Waals surface area contributed by atoms with Crippen LogP contribution >= 0.6 is 0 Å². The summed E-state index contributed by atoms with van der Waals surface area (Å²) >= 11 is 0. The van der Waals surface area contributed by atoms with Crippen LogP contribution in [-0.4, -0.2) is 384 Å². The summed E-state index contributed by atoms with van der Waals surface area (Å²) in [5.74, 6) is -14.6. The zero-order valence-corrected chi connectivity index (χ0v) is 68.1. The van der Waals surface area contributed by atoms with Crippen LogP contribution in [0.4, 0.5) is 0 Å². The monoisotopic (exact) mass is 1690 g/mol. The number of Topliss-reactive ketones (excluding diaryl/α,β-unsaturated/α-hetero) is 1. The van der Waals surface area contributed by atoms with Crippen LogP contribution < -0.4 is 0 Å². The molecule has 0 saturated carbocycles. The Morgan fingerprint density at radius 2 is 0.319 bits per heavy atom. The molecular weight excluding hydrogens is 1560 g/mol. The second kappa shape index (κ2) is 49.6. The summed E-state index contributed by atoms with van der Waals surface area (Å²) in [6.07, 6.45) is -0.694.